The Morgan fingerprint density at radius 2 is 1.82 bits per heavy atom. The van der Waals surface area contributed by atoms with Gasteiger partial charge in [0.05, 0.1) is 18.9 Å². The van der Waals surface area contributed by atoms with Crippen LogP contribution in [0.5, 0.6) is 11.5 Å². The number of rotatable bonds is 7. The summed E-state index contributed by atoms with van der Waals surface area (Å²) in [7, 11) is 1.58. The number of hydrogen-bond acceptors (Lipinski definition) is 8. The van der Waals surface area contributed by atoms with Gasteiger partial charge in [-0.15, -0.1) is 11.8 Å². The van der Waals surface area contributed by atoms with Crippen molar-refractivity contribution in [3.63, 3.8) is 0 Å². The van der Waals surface area contributed by atoms with E-state index in [4.69, 9.17) is 18.6 Å². The fraction of sp³-hybridized carbons (Fsp3) is 0.240. The highest BCUT2D eigenvalue weighted by Crippen LogP contribution is 2.40. The van der Waals surface area contributed by atoms with E-state index in [1.807, 2.05) is 12.1 Å². The van der Waals surface area contributed by atoms with Gasteiger partial charge in [0, 0.05) is 28.8 Å². The lowest BCUT2D eigenvalue weighted by Crippen LogP contribution is -2.54. The maximum Gasteiger partial charge on any atom is 0.355 e. The highest BCUT2D eigenvalue weighted by atomic mass is 32.2. The highest BCUT2D eigenvalue weighted by molar-refractivity contribution is 8.00. The van der Waals surface area contributed by atoms with E-state index in [0.29, 0.717) is 34.8 Å². The van der Waals surface area contributed by atoms with Crippen LogP contribution in [0.2, 0.25) is 0 Å². The third kappa shape index (κ3) is 4.38. The van der Waals surface area contributed by atoms with E-state index in [1.165, 1.54) is 11.0 Å². The first kappa shape index (κ1) is 22.1. The maximum absolute atomic E-state index is 13.1. The van der Waals surface area contributed by atoms with Crippen molar-refractivity contribution in [1.29, 1.82) is 0 Å². The van der Waals surface area contributed by atoms with Crippen LogP contribution in [0.25, 0.3) is 11.0 Å². The summed E-state index contributed by atoms with van der Waals surface area (Å²) >= 11 is 1.59. The molecule has 0 radical (unpaired) electrons. The maximum atomic E-state index is 13.1. The van der Waals surface area contributed by atoms with E-state index in [0.717, 1.165) is 10.9 Å². The van der Waals surface area contributed by atoms with Gasteiger partial charge in [-0.25, -0.2) is 9.59 Å². The first-order valence-corrected chi connectivity index (χ1v) is 11.7. The van der Waals surface area contributed by atoms with Gasteiger partial charge in [-0.3, -0.25) is 9.69 Å². The molecule has 1 saturated heterocycles. The standard InChI is InChI=1S/C25H21NO7S/c1-30-18-6-2-15(3-7-18)12-32-25(29)24-17(14-34-22-11-21(27)26(22)24)13-31-19-8-4-16-5-9-23(28)33-20(16)10-19/h2-10,22H,11-14H2,1H3/t22-/m1/s1. The minimum Gasteiger partial charge on any atom is -0.497 e. The Morgan fingerprint density at radius 1 is 1.06 bits per heavy atom. The van der Waals surface area contributed by atoms with E-state index in [1.54, 1.807) is 55.3 Å². The number of carbonyl (C=O) groups is 2. The number of amides is 1. The average molecular weight is 480 g/mol. The summed E-state index contributed by atoms with van der Waals surface area (Å²) in [5.41, 5.74) is 1.70. The van der Waals surface area contributed by atoms with Crippen LogP contribution in [0, 0.1) is 0 Å². The molecule has 3 heterocycles. The van der Waals surface area contributed by atoms with Crippen LogP contribution in [0.15, 0.2) is 75.1 Å². The third-order valence-corrected chi connectivity index (χ3v) is 6.94. The molecular weight excluding hydrogens is 458 g/mol. The Morgan fingerprint density at radius 3 is 2.59 bits per heavy atom. The number of thioether (sulfide) groups is 1. The van der Waals surface area contributed by atoms with E-state index in [2.05, 4.69) is 0 Å². The molecule has 0 unspecified atom stereocenters. The van der Waals surface area contributed by atoms with Gasteiger partial charge in [-0.1, -0.05) is 12.1 Å². The molecule has 0 saturated carbocycles. The van der Waals surface area contributed by atoms with Gasteiger partial charge in [0.2, 0.25) is 5.91 Å². The molecule has 9 heteroatoms. The molecule has 0 N–H and O–H groups in total. The van der Waals surface area contributed by atoms with Crippen LogP contribution < -0.4 is 15.1 Å². The topological polar surface area (TPSA) is 95.3 Å². The quantitative estimate of drug-likeness (QED) is 0.289. The van der Waals surface area contributed by atoms with Crippen molar-refractivity contribution in [2.75, 3.05) is 19.5 Å². The lowest BCUT2D eigenvalue weighted by Gasteiger charge is -2.44. The Kier molecular flexibility index (Phi) is 6.02. The first-order chi connectivity index (χ1) is 16.5. The van der Waals surface area contributed by atoms with Crippen LogP contribution in [-0.4, -0.2) is 41.6 Å². The summed E-state index contributed by atoms with van der Waals surface area (Å²) in [4.78, 5) is 38.4. The van der Waals surface area contributed by atoms with Crippen molar-refractivity contribution in [2.45, 2.75) is 18.4 Å². The van der Waals surface area contributed by atoms with Gasteiger partial charge >= 0.3 is 11.6 Å². The first-order valence-electron chi connectivity index (χ1n) is 10.6. The zero-order valence-electron chi connectivity index (χ0n) is 18.3. The van der Waals surface area contributed by atoms with Crippen LogP contribution in [0.3, 0.4) is 0 Å². The Balaban J connectivity index is 1.34. The molecular formula is C25H21NO7S. The summed E-state index contributed by atoms with van der Waals surface area (Å²) < 4.78 is 21.8. The molecule has 1 atom stereocenters. The summed E-state index contributed by atoms with van der Waals surface area (Å²) in [5, 5.41) is 0.714. The molecule has 2 aliphatic rings. The number of hydrogen-bond donors (Lipinski definition) is 0. The zero-order chi connectivity index (χ0) is 23.7. The van der Waals surface area contributed by atoms with E-state index < -0.39 is 11.6 Å². The summed E-state index contributed by atoms with van der Waals surface area (Å²) in [6.07, 6.45) is 0.401. The second kappa shape index (κ2) is 9.26. The molecule has 0 spiro atoms. The second-order valence-corrected chi connectivity index (χ2v) is 9.02. The lowest BCUT2D eigenvalue weighted by molar-refractivity contribution is -0.150. The van der Waals surface area contributed by atoms with Crippen molar-refractivity contribution in [3.05, 3.63) is 81.9 Å². The Bertz CT molecular complexity index is 1350. The number of β-lactam (4-membered cyclic amide) rings is 1. The predicted octanol–water partition coefficient (Wildman–Crippen LogP) is 3.48. The van der Waals surface area contributed by atoms with Gasteiger partial charge < -0.3 is 18.6 Å². The average Bonchev–Trinajstić information content (AvgIpc) is 2.85. The van der Waals surface area contributed by atoms with Crippen molar-refractivity contribution >= 4 is 34.6 Å². The van der Waals surface area contributed by atoms with Gasteiger partial charge in [0.25, 0.3) is 0 Å². The molecule has 0 aliphatic carbocycles. The molecule has 8 nitrogen and oxygen atoms in total. The molecule has 1 amide bonds. The molecule has 3 aromatic rings. The number of benzene rings is 2. The molecule has 174 valence electrons. The highest BCUT2D eigenvalue weighted by Gasteiger charge is 2.45. The SMILES string of the molecule is COc1ccc(COC(=O)C2=C(COc3ccc4ccc(=O)oc4c3)CS[C@@H]3CC(=O)N23)cc1. The minimum absolute atomic E-state index is 0.0604. The van der Waals surface area contributed by atoms with Crippen molar-refractivity contribution in [2.24, 2.45) is 0 Å². The summed E-state index contributed by atoms with van der Waals surface area (Å²) in [6, 6.07) is 15.4. The minimum atomic E-state index is -0.558. The molecule has 1 aromatic heterocycles. The number of fused-ring (bicyclic) bond motifs is 2. The van der Waals surface area contributed by atoms with Crippen molar-refractivity contribution in [1.82, 2.24) is 4.90 Å². The number of methoxy groups -OCH3 is 1. The van der Waals surface area contributed by atoms with Crippen molar-refractivity contribution < 1.29 is 28.2 Å². The Hall–Kier alpha value is -3.72. The van der Waals surface area contributed by atoms with Gasteiger partial charge in [-0.05, 0) is 35.9 Å². The number of esters is 1. The van der Waals surface area contributed by atoms with Crippen LogP contribution in [0.4, 0.5) is 0 Å². The van der Waals surface area contributed by atoms with Gasteiger partial charge in [0.1, 0.15) is 36.0 Å². The van der Waals surface area contributed by atoms with Crippen LogP contribution in [-0.2, 0) is 20.9 Å². The van der Waals surface area contributed by atoms with Gasteiger partial charge in [0.15, 0.2) is 0 Å². The van der Waals surface area contributed by atoms with E-state index in [-0.39, 0.29) is 30.2 Å². The lowest BCUT2D eigenvalue weighted by atomic mass is 10.1. The van der Waals surface area contributed by atoms with Crippen LogP contribution in [0.1, 0.15) is 12.0 Å². The van der Waals surface area contributed by atoms with Crippen LogP contribution >= 0.6 is 11.8 Å². The zero-order valence-corrected chi connectivity index (χ0v) is 19.1. The Labute approximate surface area is 199 Å². The molecule has 2 aromatic carbocycles. The molecule has 0 bridgehead atoms. The van der Waals surface area contributed by atoms with Crippen molar-refractivity contribution in [3.8, 4) is 11.5 Å². The predicted molar refractivity (Wildman–Crippen MR) is 126 cm³/mol. The summed E-state index contributed by atoms with van der Waals surface area (Å²) in [6.45, 7) is 0.170. The molecule has 5 rings (SSSR count). The third-order valence-electron chi connectivity index (χ3n) is 5.66. The largest absolute Gasteiger partial charge is 0.497 e. The fourth-order valence-electron chi connectivity index (χ4n) is 3.82. The number of carbonyl (C=O) groups excluding carboxylic acids is 2. The molecule has 34 heavy (non-hydrogen) atoms. The fourth-order valence-corrected chi connectivity index (χ4v) is 5.06. The summed E-state index contributed by atoms with van der Waals surface area (Å²) in [5.74, 6) is 1.08. The smallest absolute Gasteiger partial charge is 0.355 e. The second-order valence-electron chi connectivity index (χ2n) is 7.85. The van der Waals surface area contributed by atoms with E-state index in [9.17, 15) is 14.4 Å². The number of nitrogens with zero attached hydrogens (tertiary/aromatic N) is 1. The number of ether oxygens (including phenoxy) is 3. The monoisotopic (exact) mass is 479 g/mol. The van der Waals surface area contributed by atoms with Gasteiger partial charge in [-0.2, -0.15) is 0 Å². The molecule has 2 aliphatic heterocycles. The molecule has 1 fully saturated rings. The normalized spacial score (nSPS) is 17.3. The van der Waals surface area contributed by atoms with E-state index >= 15 is 0 Å².